The van der Waals surface area contributed by atoms with E-state index in [2.05, 4.69) is 34.4 Å². The van der Waals surface area contributed by atoms with Crippen LogP contribution in [0.3, 0.4) is 0 Å². The number of nitrogens with one attached hydrogen (secondary N) is 3. The van der Waals surface area contributed by atoms with Crippen molar-refractivity contribution in [1.82, 2.24) is 15.3 Å². The Morgan fingerprint density at radius 1 is 1.50 bits per heavy atom. The van der Waals surface area contributed by atoms with Gasteiger partial charge in [-0.2, -0.15) is 0 Å². The van der Waals surface area contributed by atoms with Gasteiger partial charge >= 0.3 is 0 Å². The molecular formula is C10H18N4O2. The Hall–Kier alpha value is -1.56. The molecule has 3 N–H and O–H groups in total. The van der Waals surface area contributed by atoms with Crippen LogP contribution in [-0.2, 0) is 0 Å². The molecule has 0 bridgehead atoms. The molecule has 0 saturated carbocycles. The summed E-state index contributed by atoms with van der Waals surface area (Å²) >= 11 is 0. The standard InChI is InChI=1S/C10H18N4O2/c1-7(2)11-4-5-12-9-8(16-3)10(15)14-6-13-9/h6-7,11H,4-5H2,1-3H3,(H2,12,13,14,15). The second kappa shape index (κ2) is 6.12. The zero-order valence-electron chi connectivity index (χ0n) is 9.83. The molecule has 0 atom stereocenters. The Balaban J connectivity index is 2.53. The monoisotopic (exact) mass is 226 g/mol. The molecule has 1 rings (SSSR count). The van der Waals surface area contributed by atoms with E-state index in [0.29, 0.717) is 18.4 Å². The Kier molecular flexibility index (Phi) is 4.78. The highest BCUT2D eigenvalue weighted by Gasteiger charge is 2.07. The lowest BCUT2D eigenvalue weighted by Gasteiger charge is -2.10. The predicted octanol–water partition coefficient (Wildman–Crippen LogP) is 0.188. The average Bonchev–Trinajstić information content (AvgIpc) is 2.24. The van der Waals surface area contributed by atoms with E-state index in [1.165, 1.54) is 13.4 Å². The van der Waals surface area contributed by atoms with Crippen LogP contribution in [0.1, 0.15) is 13.8 Å². The van der Waals surface area contributed by atoms with Crippen molar-refractivity contribution in [2.45, 2.75) is 19.9 Å². The number of hydrogen-bond acceptors (Lipinski definition) is 5. The first-order chi connectivity index (χ1) is 7.65. The molecule has 0 fully saturated rings. The van der Waals surface area contributed by atoms with E-state index in [1.807, 2.05) is 0 Å². The lowest BCUT2D eigenvalue weighted by atomic mass is 10.4. The molecule has 1 aromatic rings. The molecule has 0 saturated heterocycles. The molecule has 0 aliphatic rings. The summed E-state index contributed by atoms with van der Waals surface area (Å²) in [6.07, 6.45) is 1.35. The number of aromatic amines is 1. The maximum absolute atomic E-state index is 11.3. The number of hydrogen-bond donors (Lipinski definition) is 3. The smallest absolute Gasteiger partial charge is 0.295 e. The van der Waals surface area contributed by atoms with Crippen molar-refractivity contribution in [3.8, 4) is 5.75 Å². The van der Waals surface area contributed by atoms with Gasteiger partial charge in [0.15, 0.2) is 5.82 Å². The highest BCUT2D eigenvalue weighted by atomic mass is 16.5. The maximum atomic E-state index is 11.3. The number of ether oxygens (including phenoxy) is 1. The Morgan fingerprint density at radius 3 is 2.88 bits per heavy atom. The van der Waals surface area contributed by atoms with Gasteiger partial charge in [0.1, 0.15) is 0 Å². The van der Waals surface area contributed by atoms with Crippen LogP contribution >= 0.6 is 0 Å². The van der Waals surface area contributed by atoms with Gasteiger partial charge in [-0.1, -0.05) is 13.8 Å². The SMILES string of the molecule is COc1c(NCCNC(C)C)nc[nH]c1=O. The van der Waals surface area contributed by atoms with Gasteiger partial charge in [0.2, 0.25) is 5.75 Å². The third kappa shape index (κ3) is 3.54. The largest absolute Gasteiger partial charge is 0.489 e. The van der Waals surface area contributed by atoms with Gasteiger partial charge in [-0.25, -0.2) is 4.98 Å². The van der Waals surface area contributed by atoms with E-state index in [-0.39, 0.29) is 11.3 Å². The van der Waals surface area contributed by atoms with Gasteiger partial charge in [0, 0.05) is 19.1 Å². The fourth-order valence-electron chi connectivity index (χ4n) is 1.24. The molecule has 16 heavy (non-hydrogen) atoms. The second-order valence-corrected chi connectivity index (χ2v) is 3.65. The number of nitrogens with zero attached hydrogens (tertiary/aromatic N) is 1. The molecular weight excluding hydrogens is 208 g/mol. The van der Waals surface area contributed by atoms with Gasteiger partial charge in [-0.05, 0) is 0 Å². The Morgan fingerprint density at radius 2 is 2.25 bits per heavy atom. The minimum atomic E-state index is -0.281. The van der Waals surface area contributed by atoms with Gasteiger partial charge < -0.3 is 20.4 Å². The summed E-state index contributed by atoms with van der Waals surface area (Å²) in [4.78, 5) is 17.8. The minimum absolute atomic E-state index is 0.215. The van der Waals surface area contributed by atoms with Crippen LogP contribution in [0.5, 0.6) is 5.75 Å². The highest BCUT2D eigenvalue weighted by Crippen LogP contribution is 2.13. The Bertz CT molecular complexity index is 375. The van der Waals surface area contributed by atoms with Crippen molar-refractivity contribution < 1.29 is 4.74 Å². The molecule has 90 valence electrons. The third-order valence-corrected chi connectivity index (χ3v) is 1.98. The van der Waals surface area contributed by atoms with Gasteiger partial charge in [-0.3, -0.25) is 4.79 Å². The van der Waals surface area contributed by atoms with Gasteiger partial charge in [-0.15, -0.1) is 0 Å². The molecule has 1 aromatic heterocycles. The van der Waals surface area contributed by atoms with Crippen LogP contribution in [0.25, 0.3) is 0 Å². The lowest BCUT2D eigenvalue weighted by molar-refractivity contribution is 0.408. The topological polar surface area (TPSA) is 79.0 Å². The normalized spacial score (nSPS) is 10.5. The average molecular weight is 226 g/mol. The van der Waals surface area contributed by atoms with Crippen molar-refractivity contribution in [3.05, 3.63) is 16.7 Å². The molecule has 0 unspecified atom stereocenters. The molecule has 0 amide bonds. The zero-order chi connectivity index (χ0) is 12.0. The van der Waals surface area contributed by atoms with Crippen molar-refractivity contribution >= 4 is 5.82 Å². The maximum Gasteiger partial charge on any atom is 0.295 e. The summed E-state index contributed by atoms with van der Waals surface area (Å²) in [6.45, 7) is 5.64. The highest BCUT2D eigenvalue weighted by molar-refractivity contribution is 5.47. The summed E-state index contributed by atoms with van der Waals surface area (Å²) in [5.41, 5.74) is -0.281. The molecule has 6 heteroatoms. The first-order valence-corrected chi connectivity index (χ1v) is 5.24. The molecule has 6 nitrogen and oxygen atoms in total. The van der Waals surface area contributed by atoms with Gasteiger partial charge in [0.05, 0.1) is 13.4 Å². The van der Waals surface area contributed by atoms with Crippen LogP contribution in [0.4, 0.5) is 5.82 Å². The third-order valence-electron chi connectivity index (χ3n) is 1.98. The van der Waals surface area contributed by atoms with Crippen molar-refractivity contribution in [2.24, 2.45) is 0 Å². The molecule has 0 spiro atoms. The minimum Gasteiger partial charge on any atom is -0.489 e. The number of methoxy groups -OCH3 is 1. The van der Waals surface area contributed by atoms with Crippen LogP contribution < -0.4 is 20.9 Å². The molecule has 0 aromatic carbocycles. The first-order valence-electron chi connectivity index (χ1n) is 5.24. The summed E-state index contributed by atoms with van der Waals surface area (Å²) in [5.74, 6) is 0.684. The second-order valence-electron chi connectivity index (χ2n) is 3.65. The van der Waals surface area contributed by atoms with Crippen LogP contribution in [0, 0.1) is 0 Å². The molecule has 0 radical (unpaired) electrons. The van der Waals surface area contributed by atoms with Gasteiger partial charge in [0.25, 0.3) is 5.56 Å². The van der Waals surface area contributed by atoms with Crippen molar-refractivity contribution in [2.75, 3.05) is 25.5 Å². The van der Waals surface area contributed by atoms with Crippen molar-refractivity contribution in [1.29, 1.82) is 0 Å². The van der Waals surface area contributed by atoms with E-state index in [9.17, 15) is 4.79 Å². The number of H-pyrrole nitrogens is 1. The molecule has 0 aliphatic heterocycles. The number of rotatable bonds is 6. The molecule has 0 aliphatic carbocycles. The van der Waals surface area contributed by atoms with E-state index in [4.69, 9.17) is 4.74 Å². The van der Waals surface area contributed by atoms with E-state index in [0.717, 1.165) is 6.54 Å². The van der Waals surface area contributed by atoms with Crippen LogP contribution in [0.2, 0.25) is 0 Å². The predicted molar refractivity (Wildman–Crippen MR) is 63.0 cm³/mol. The summed E-state index contributed by atoms with van der Waals surface area (Å²) in [6, 6.07) is 0.441. The van der Waals surface area contributed by atoms with E-state index < -0.39 is 0 Å². The summed E-state index contributed by atoms with van der Waals surface area (Å²) < 4.78 is 4.97. The lowest BCUT2D eigenvalue weighted by Crippen LogP contribution is -2.28. The molecule has 1 heterocycles. The quantitative estimate of drug-likeness (QED) is 0.603. The van der Waals surface area contributed by atoms with E-state index in [1.54, 1.807) is 0 Å². The fourth-order valence-corrected chi connectivity index (χ4v) is 1.24. The summed E-state index contributed by atoms with van der Waals surface area (Å²) in [7, 11) is 1.45. The first kappa shape index (κ1) is 12.5. The number of anilines is 1. The number of aromatic nitrogens is 2. The van der Waals surface area contributed by atoms with Crippen molar-refractivity contribution in [3.63, 3.8) is 0 Å². The zero-order valence-corrected chi connectivity index (χ0v) is 9.83. The van der Waals surface area contributed by atoms with Crippen LogP contribution in [-0.4, -0.2) is 36.2 Å². The Labute approximate surface area is 94.4 Å². The van der Waals surface area contributed by atoms with Crippen LogP contribution in [0.15, 0.2) is 11.1 Å². The van der Waals surface area contributed by atoms with E-state index >= 15 is 0 Å². The fraction of sp³-hybridized carbons (Fsp3) is 0.600. The summed E-state index contributed by atoms with van der Waals surface area (Å²) in [5, 5.41) is 6.29.